The second-order valence-electron chi connectivity index (χ2n) is 7.97. The first-order valence-corrected chi connectivity index (χ1v) is 11.4. The summed E-state index contributed by atoms with van der Waals surface area (Å²) in [6.07, 6.45) is 1.59. The van der Waals surface area contributed by atoms with Crippen molar-refractivity contribution in [2.45, 2.75) is 27.3 Å². The minimum absolute atomic E-state index is 0.0183. The van der Waals surface area contributed by atoms with Crippen LogP contribution < -0.4 is 4.74 Å². The number of nitrogens with zero attached hydrogens (tertiary/aromatic N) is 2. The van der Waals surface area contributed by atoms with Gasteiger partial charge in [0.25, 0.3) is 0 Å². The fourth-order valence-electron chi connectivity index (χ4n) is 4.07. The van der Waals surface area contributed by atoms with E-state index in [1.54, 1.807) is 23.1 Å². The summed E-state index contributed by atoms with van der Waals surface area (Å²) in [5.74, 6) is -0.0818. The lowest BCUT2D eigenvalue weighted by molar-refractivity contribution is 0.157. The summed E-state index contributed by atoms with van der Waals surface area (Å²) < 4.78 is 21.8. The Balaban J connectivity index is 1.83. The molecule has 0 radical (unpaired) electrons. The molecule has 3 aromatic carbocycles. The molecule has 0 atom stereocenters. The number of halogens is 2. The van der Waals surface area contributed by atoms with Crippen molar-refractivity contribution in [3.63, 3.8) is 0 Å². The first kappa shape index (κ1) is 22.9. The van der Waals surface area contributed by atoms with Gasteiger partial charge in [-0.05, 0) is 62.2 Å². The molecule has 4 rings (SSSR count). The summed E-state index contributed by atoms with van der Waals surface area (Å²) in [6, 6.07) is 18.7. The van der Waals surface area contributed by atoms with Gasteiger partial charge in [-0.2, -0.15) is 0 Å². The molecule has 0 unspecified atom stereocenters. The minimum Gasteiger partial charge on any atom is -0.410 e. The average molecular weight is 465 g/mol. The molecule has 4 aromatic rings. The van der Waals surface area contributed by atoms with Crippen LogP contribution >= 0.6 is 11.6 Å². The van der Waals surface area contributed by atoms with Gasteiger partial charge in [-0.3, -0.25) is 0 Å². The third-order valence-corrected chi connectivity index (χ3v) is 6.07. The van der Waals surface area contributed by atoms with E-state index in [9.17, 15) is 9.18 Å². The van der Waals surface area contributed by atoms with Crippen LogP contribution in [0.15, 0.2) is 66.9 Å². The number of ether oxygens (including phenoxy) is 1. The topological polar surface area (TPSA) is 34.5 Å². The zero-order chi connectivity index (χ0) is 23.5. The number of fused-ring (bicyclic) bond motifs is 1. The molecule has 33 heavy (non-hydrogen) atoms. The van der Waals surface area contributed by atoms with Crippen LogP contribution in [0, 0.1) is 12.7 Å². The highest BCUT2D eigenvalue weighted by molar-refractivity contribution is 6.31. The van der Waals surface area contributed by atoms with Crippen molar-refractivity contribution in [3.8, 4) is 16.9 Å². The van der Waals surface area contributed by atoms with Crippen molar-refractivity contribution in [3.05, 3.63) is 88.8 Å². The Morgan fingerprint density at radius 2 is 1.85 bits per heavy atom. The summed E-state index contributed by atoms with van der Waals surface area (Å²) >= 11 is 6.10. The molecule has 0 N–H and O–H groups in total. The lowest BCUT2D eigenvalue weighted by atomic mass is 10.0. The molecule has 0 spiro atoms. The van der Waals surface area contributed by atoms with E-state index in [2.05, 4.69) is 29.7 Å². The van der Waals surface area contributed by atoms with Gasteiger partial charge in [-0.1, -0.05) is 47.5 Å². The Kier molecular flexibility index (Phi) is 6.70. The fraction of sp³-hybridized carbons (Fsp3) is 0.222. The number of aromatic nitrogens is 1. The van der Waals surface area contributed by atoms with E-state index in [1.165, 1.54) is 17.2 Å². The quantitative estimate of drug-likeness (QED) is 0.300. The van der Waals surface area contributed by atoms with Crippen LogP contribution in [0.4, 0.5) is 9.18 Å². The van der Waals surface area contributed by atoms with Crippen LogP contribution in [-0.2, 0) is 6.54 Å². The second-order valence-corrected chi connectivity index (χ2v) is 8.38. The van der Waals surface area contributed by atoms with E-state index in [4.69, 9.17) is 16.3 Å². The Bertz CT molecular complexity index is 1310. The van der Waals surface area contributed by atoms with Crippen molar-refractivity contribution in [2.24, 2.45) is 0 Å². The third kappa shape index (κ3) is 4.74. The molecule has 0 fully saturated rings. The summed E-state index contributed by atoms with van der Waals surface area (Å²) in [5, 5.41) is 0.917. The highest BCUT2D eigenvalue weighted by Gasteiger charge is 2.20. The summed E-state index contributed by atoms with van der Waals surface area (Å²) in [4.78, 5) is 14.3. The number of rotatable bonds is 6. The SMILES string of the molecule is CCN(CC)C(=O)Oc1ccc2c(ccn2Cc2cccc(C)c2)c1-c1ccc(F)c(Cl)c1. The van der Waals surface area contributed by atoms with Gasteiger partial charge in [0.15, 0.2) is 0 Å². The molecule has 170 valence electrons. The summed E-state index contributed by atoms with van der Waals surface area (Å²) in [7, 11) is 0. The van der Waals surface area contributed by atoms with Gasteiger partial charge in [-0.15, -0.1) is 0 Å². The van der Waals surface area contributed by atoms with Crippen LogP contribution in [-0.4, -0.2) is 28.6 Å². The molecule has 0 aliphatic carbocycles. The first-order valence-electron chi connectivity index (χ1n) is 11.0. The number of aryl methyl sites for hydroxylation is 1. The molecule has 4 nitrogen and oxygen atoms in total. The average Bonchev–Trinajstić information content (AvgIpc) is 3.19. The van der Waals surface area contributed by atoms with Gasteiger partial charge in [0.05, 0.1) is 5.02 Å². The van der Waals surface area contributed by atoms with Gasteiger partial charge < -0.3 is 14.2 Å². The van der Waals surface area contributed by atoms with Crippen molar-refractivity contribution >= 4 is 28.6 Å². The minimum atomic E-state index is -0.494. The fourth-order valence-corrected chi connectivity index (χ4v) is 4.25. The van der Waals surface area contributed by atoms with E-state index in [0.717, 1.165) is 10.9 Å². The maximum absolute atomic E-state index is 13.9. The molecule has 1 aromatic heterocycles. The molecular formula is C27H26ClFN2O2. The monoisotopic (exact) mass is 464 g/mol. The lowest BCUT2D eigenvalue weighted by Crippen LogP contribution is -2.33. The largest absolute Gasteiger partial charge is 0.415 e. The van der Waals surface area contributed by atoms with Crippen molar-refractivity contribution < 1.29 is 13.9 Å². The number of carbonyl (C=O) groups excluding carboxylic acids is 1. The van der Waals surface area contributed by atoms with Crippen LogP contribution in [0.5, 0.6) is 5.75 Å². The van der Waals surface area contributed by atoms with Crippen LogP contribution in [0.2, 0.25) is 5.02 Å². The Labute approximate surface area is 198 Å². The third-order valence-electron chi connectivity index (χ3n) is 5.78. The molecule has 6 heteroatoms. The molecule has 0 aliphatic rings. The summed E-state index contributed by atoms with van der Waals surface area (Å²) in [6.45, 7) is 7.67. The first-order chi connectivity index (χ1) is 15.9. The Morgan fingerprint density at radius 1 is 1.06 bits per heavy atom. The highest BCUT2D eigenvalue weighted by Crippen LogP contribution is 2.39. The maximum atomic E-state index is 13.9. The number of benzene rings is 3. The zero-order valence-corrected chi connectivity index (χ0v) is 19.7. The van der Waals surface area contributed by atoms with Crippen molar-refractivity contribution in [1.82, 2.24) is 9.47 Å². The van der Waals surface area contributed by atoms with Gasteiger partial charge in [-0.25, -0.2) is 9.18 Å². The van der Waals surface area contributed by atoms with Gasteiger partial charge in [0, 0.05) is 42.3 Å². The lowest BCUT2D eigenvalue weighted by Gasteiger charge is -2.20. The maximum Gasteiger partial charge on any atom is 0.415 e. The van der Waals surface area contributed by atoms with Crippen molar-refractivity contribution in [1.29, 1.82) is 0 Å². The number of hydrogen-bond acceptors (Lipinski definition) is 2. The van der Waals surface area contributed by atoms with E-state index < -0.39 is 11.9 Å². The van der Waals surface area contributed by atoms with Gasteiger partial charge in [0.1, 0.15) is 11.6 Å². The van der Waals surface area contributed by atoms with Crippen LogP contribution in [0.1, 0.15) is 25.0 Å². The standard InChI is InChI=1S/C27H26ClFN2O2/c1-4-30(5-2)27(32)33-25-12-11-24-21(26(25)20-9-10-23(29)22(28)16-20)13-14-31(24)17-19-8-6-7-18(3)15-19/h6-16H,4-5,17H2,1-3H3. The molecular weight excluding hydrogens is 439 g/mol. The molecule has 1 heterocycles. The predicted octanol–water partition coefficient (Wildman–Crippen LogP) is 7.30. The number of hydrogen-bond donors (Lipinski definition) is 0. The molecule has 0 aliphatic heterocycles. The normalized spacial score (nSPS) is 11.1. The number of amides is 1. The van der Waals surface area contributed by atoms with E-state index in [0.29, 0.717) is 36.5 Å². The van der Waals surface area contributed by atoms with E-state index >= 15 is 0 Å². The number of carbonyl (C=O) groups is 1. The molecule has 0 saturated heterocycles. The highest BCUT2D eigenvalue weighted by atomic mass is 35.5. The van der Waals surface area contributed by atoms with Crippen LogP contribution in [0.25, 0.3) is 22.0 Å². The molecule has 1 amide bonds. The zero-order valence-electron chi connectivity index (χ0n) is 18.9. The van der Waals surface area contributed by atoms with Gasteiger partial charge >= 0.3 is 6.09 Å². The smallest absolute Gasteiger partial charge is 0.410 e. The van der Waals surface area contributed by atoms with E-state index in [-0.39, 0.29) is 5.02 Å². The van der Waals surface area contributed by atoms with Crippen LogP contribution in [0.3, 0.4) is 0 Å². The Hall–Kier alpha value is -3.31. The van der Waals surface area contributed by atoms with Gasteiger partial charge in [0.2, 0.25) is 0 Å². The Morgan fingerprint density at radius 3 is 2.55 bits per heavy atom. The molecule has 0 saturated carbocycles. The van der Waals surface area contributed by atoms with E-state index in [1.807, 2.05) is 38.2 Å². The second kappa shape index (κ2) is 9.67. The predicted molar refractivity (Wildman–Crippen MR) is 132 cm³/mol. The summed E-state index contributed by atoms with van der Waals surface area (Å²) in [5.41, 5.74) is 4.77. The molecule has 0 bridgehead atoms. The van der Waals surface area contributed by atoms with Crippen molar-refractivity contribution in [2.75, 3.05) is 13.1 Å².